The van der Waals surface area contributed by atoms with Gasteiger partial charge in [0, 0.05) is 18.3 Å². The fourth-order valence-corrected chi connectivity index (χ4v) is 1.18. The second kappa shape index (κ2) is 4.56. The molecule has 17 heavy (non-hydrogen) atoms. The summed E-state index contributed by atoms with van der Waals surface area (Å²) in [5.41, 5.74) is 5.14. The van der Waals surface area contributed by atoms with Gasteiger partial charge < -0.3 is 10.5 Å². The van der Waals surface area contributed by atoms with Gasteiger partial charge in [-0.05, 0) is 12.1 Å². The van der Waals surface area contributed by atoms with Gasteiger partial charge in [-0.25, -0.2) is 0 Å². The Morgan fingerprint density at radius 2 is 2.18 bits per heavy atom. The average Bonchev–Trinajstić information content (AvgIpc) is 2.29. The predicted octanol–water partition coefficient (Wildman–Crippen LogP) is 1.51. The molecule has 0 bridgehead atoms. The quantitative estimate of drug-likeness (QED) is 0.815. The summed E-state index contributed by atoms with van der Waals surface area (Å²) in [4.78, 5) is 18.2. The highest BCUT2D eigenvalue weighted by molar-refractivity contribution is 5.91. The maximum Gasteiger partial charge on any atom is 0.267 e. The van der Waals surface area contributed by atoms with E-state index in [4.69, 9.17) is 10.5 Å². The zero-order chi connectivity index (χ0) is 12.3. The number of primary amides is 1. The first-order valence-corrected chi connectivity index (χ1v) is 4.71. The molecule has 6 heteroatoms. The van der Waals surface area contributed by atoms with Crippen molar-refractivity contribution in [3.63, 3.8) is 0 Å². The monoisotopic (exact) mass is 233 g/mol. The number of pyridine rings is 2. The number of amides is 1. The largest absolute Gasteiger partial charge is 0.439 e. The van der Waals surface area contributed by atoms with E-state index in [0.29, 0.717) is 5.75 Å². The van der Waals surface area contributed by atoms with Gasteiger partial charge in [0.1, 0.15) is 11.4 Å². The average molecular weight is 233 g/mol. The van der Waals surface area contributed by atoms with Crippen molar-refractivity contribution in [3.8, 4) is 11.6 Å². The molecule has 2 aromatic rings. The van der Waals surface area contributed by atoms with Crippen LogP contribution in [0.25, 0.3) is 0 Å². The summed E-state index contributed by atoms with van der Waals surface area (Å²) >= 11 is 0. The van der Waals surface area contributed by atoms with Crippen molar-refractivity contribution >= 4 is 5.91 Å². The molecule has 0 aliphatic heterocycles. The fraction of sp³-hybridized carbons (Fsp3) is 0. The third-order valence-corrected chi connectivity index (χ3v) is 1.90. The zero-order valence-corrected chi connectivity index (χ0v) is 8.63. The number of hydrogen-bond donors (Lipinski definition) is 1. The standard InChI is InChI=1S/C11H8FN3O2/c12-9-2-1-3-10(15-9)17-7-4-5-14-8(6-7)11(13)16/h1-6H,(H2,13,16). The summed E-state index contributed by atoms with van der Waals surface area (Å²) in [6, 6.07) is 7.03. The van der Waals surface area contributed by atoms with E-state index < -0.39 is 11.9 Å². The molecular weight excluding hydrogens is 225 g/mol. The molecule has 0 atom stereocenters. The van der Waals surface area contributed by atoms with Gasteiger partial charge in [0.15, 0.2) is 0 Å². The number of hydrogen-bond acceptors (Lipinski definition) is 4. The van der Waals surface area contributed by atoms with Crippen LogP contribution in [0.15, 0.2) is 36.5 Å². The Labute approximate surface area is 96.1 Å². The molecule has 2 N–H and O–H groups in total. The summed E-state index contributed by atoms with van der Waals surface area (Å²) in [5.74, 6) is -0.909. The maximum atomic E-state index is 12.8. The molecule has 0 unspecified atom stereocenters. The lowest BCUT2D eigenvalue weighted by Gasteiger charge is -2.04. The van der Waals surface area contributed by atoms with Crippen LogP contribution in [-0.4, -0.2) is 15.9 Å². The SMILES string of the molecule is NC(=O)c1cc(Oc2cccc(F)n2)ccn1. The van der Waals surface area contributed by atoms with Crippen LogP contribution in [-0.2, 0) is 0 Å². The van der Waals surface area contributed by atoms with E-state index in [2.05, 4.69) is 9.97 Å². The number of nitrogens with two attached hydrogens (primary N) is 1. The molecular formula is C11H8FN3O2. The predicted molar refractivity (Wildman–Crippen MR) is 57.0 cm³/mol. The van der Waals surface area contributed by atoms with Gasteiger partial charge in [-0.15, -0.1) is 0 Å². The first kappa shape index (κ1) is 11.0. The molecule has 0 saturated heterocycles. The van der Waals surface area contributed by atoms with E-state index in [1.165, 1.54) is 36.5 Å². The lowest BCUT2D eigenvalue weighted by molar-refractivity contribution is 0.0995. The van der Waals surface area contributed by atoms with Crippen LogP contribution < -0.4 is 10.5 Å². The van der Waals surface area contributed by atoms with E-state index in [1.54, 1.807) is 0 Å². The first-order chi connectivity index (χ1) is 8.15. The van der Waals surface area contributed by atoms with Crippen molar-refractivity contribution in [2.24, 2.45) is 5.73 Å². The van der Waals surface area contributed by atoms with Crippen LogP contribution in [0.1, 0.15) is 10.5 Å². The van der Waals surface area contributed by atoms with E-state index in [0.717, 1.165) is 0 Å². The van der Waals surface area contributed by atoms with Gasteiger partial charge in [-0.1, -0.05) is 6.07 Å². The molecule has 5 nitrogen and oxygen atoms in total. The van der Waals surface area contributed by atoms with E-state index in [-0.39, 0.29) is 11.6 Å². The molecule has 2 rings (SSSR count). The topological polar surface area (TPSA) is 78.1 Å². The summed E-state index contributed by atoms with van der Waals surface area (Å²) in [6.07, 6.45) is 1.37. The Bertz CT molecular complexity index is 560. The number of rotatable bonds is 3. The number of carbonyl (C=O) groups excluding carboxylic acids is 1. The molecule has 0 fully saturated rings. The number of halogens is 1. The van der Waals surface area contributed by atoms with Gasteiger partial charge in [0.2, 0.25) is 11.8 Å². The van der Waals surface area contributed by atoms with Crippen LogP contribution in [0.3, 0.4) is 0 Å². The fourth-order valence-electron chi connectivity index (χ4n) is 1.18. The Morgan fingerprint density at radius 1 is 1.35 bits per heavy atom. The molecule has 2 aromatic heterocycles. The minimum Gasteiger partial charge on any atom is -0.439 e. The number of carbonyl (C=O) groups is 1. The maximum absolute atomic E-state index is 12.8. The molecule has 0 saturated carbocycles. The van der Waals surface area contributed by atoms with Crippen molar-refractivity contribution in [2.75, 3.05) is 0 Å². The molecule has 2 heterocycles. The van der Waals surface area contributed by atoms with Gasteiger partial charge in [-0.2, -0.15) is 9.37 Å². The molecule has 0 aliphatic carbocycles. The molecule has 1 amide bonds. The third-order valence-electron chi connectivity index (χ3n) is 1.90. The summed E-state index contributed by atoms with van der Waals surface area (Å²) in [5, 5.41) is 0. The van der Waals surface area contributed by atoms with Crippen molar-refractivity contribution in [1.29, 1.82) is 0 Å². The van der Waals surface area contributed by atoms with E-state index >= 15 is 0 Å². The Balaban J connectivity index is 2.24. The molecule has 86 valence electrons. The first-order valence-electron chi connectivity index (χ1n) is 4.71. The molecule has 0 spiro atoms. The number of ether oxygens (including phenoxy) is 1. The number of aromatic nitrogens is 2. The van der Waals surface area contributed by atoms with Gasteiger partial charge in [-0.3, -0.25) is 9.78 Å². The summed E-state index contributed by atoms with van der Waals surface area (Å²) in [7, 11) is 0. The van der Waals surface area contributed by atoms with Crippen LogP contribution >= 0.6 is 0 Å². The second-order valence-corrected chi connectivity index (χ2v) is 3.14. The smallest absolute Gasteiger partial charge is 0.267 e. The minimum atomic E-state index is -0.664. The van der Waals surface area contributed by atoms with Crippen molar-refractivity contribution < 1.29 is 13.9 Å². The summed E-state index contributed by atoms with van der Waals surface area (Å²) < 4.78 is 18.1. The zero-order valence-electron chi connectivity index (χ0n) is 8.63. The summed E-state index contributed by atoms with van der Waals surface area (Å²) in [6.45, 7) is 0. The van der Waals surface area contributed by atoms with Crippen molar-refractivity contribution in [1.82, 2.24) is 9.97 Å². The lowest BCUT2D eigenvalue weighted by Crippen LogP contribution is -2.12. The van der Waals surface area contributed by atoms with Gasteiger partial charge >= 0.3 is 0 Å². The highest BCUT2D eigenvalue weighted by atomic mass is 19.1. The van der Waals surface area contributed by atoms with E-state index in [1.807, 2.05) is 0 Å². The van der Waals surface area contributed by atoms with Crippen molar-refractivity contribution in [2.45, 2.75) is 0 Å². The highest BCUT2D eigenvalue weighted by Gasteiger charge is 2.05. The van der Waals surface area contributed by atoms with E-state index in [9.17, 15) is 9.18 Å². The Morgan fingerprint density at radius 3 is 2.88 bits per heavy atom. The second-order valence-electron chi connectivity index (χ2n) is 3.14. The van der Waals surface area contributed by atoms with Gasteiger partial charge in [0.05, 0.1) is 0 Å². The Hall–Kier alpha value is -2.50. The Kier molecular flexibility index (Phi) is 2.95. The van der Waals surface area contributed by atoms with Gasteiger partial charge in [0.25, 0.3) is 5.91 Å². The molecule has 0 aliphatic rings. The molecule has 0 radical (unpaired) electrons. The van der Waals surface area contributed by atoms with Crippen LogP contribution in [0.5, 0.6) is 11.6 Å². The third kappa shape index (κ3) is 2.75. The molecule has 0 aromatic carbocycles. The van der Waals surface area contributed by atoms with Crippen LogP contribution in [0.2, 0.25) is 0 Å². The van der Waals surface area contributed by atoms with Crippen LogP contribution in [0, 0.1) is 5.95 Å². The number of nitrogens with zero attached hydrogens (tertiary/aromatic N) is 2. The normalized spacial score (nSPS) is 9.94. The minimum absolute atomic E-state index is 0.0684. The lowest BCUT2D eigenvalue weighted by atomic mass is 10.3. The van der Waals surface area contributed by atoms with Crippen molar-refractivity contribution in [3.05, 3.63) is 48.2 Å². The van der Waals surface area contributed by atoms with Crippen LogP contribution in [0.4, 0.5) is 4.39 Å². The highest BCUT2D eigenvalue weighted by Crippen LogP contribution is 2.19.